The van der Waals surface area contributed by atoms with Crippen LogP contribution in [0.1, 0.15) is 27.2 Å². The lowest BCUT2D eigenvalue weighted by atomic mass is 10.3. The monoisotopic (exact) mass is 298 g/mol. The Bertz CT molecular complexity index is 470. The Morgan fingerprint density at radius 1 is 1.28 bits per heavy atom. The fourth-order valence-corrected chi connectivity index (χ4v) is 4.74. The minimum atomic E-state index is -3.47. The Kier molecular flexibility index (Phi) is 5.16. The molecule has 2 unspecified atom stereocenters. The van der Waals surface area contributed by atoms with Gasteiger partial charge in [0.2, 0.25) is 10.0 Å². The third-order valence-electron chi connectivity index (χ3n) is 2.91. The maximum absolute atomic E-state index is 12.0. The second-order valence-corrected chi connectivity index (χ2v) is 9.50. The molecule has 2 N–H and O–H groups in total. The molecule has 0 aromatic carbocycles. The highest BCUT2D eigenvalue weighted by molar-refractivity contribution is 7.92. The van der Waals surface area contributed by atoms with Crippen molar-refractivity contribution in [2.75, 3.05) is 18.1 Å². The molecule has 1 saturated heterocycles. The lowest BCUT2D eigenvalue weighted by Crippen LogP contribution is -2.45. The summed E-state index contributed by atoms with van der Waals surface area (Å²) < 4.78 is 48.9. The van der Waals surface area contributed by atoms with Crippen molar-refractivity contribution in [1.29, 1.82) is 0 Å². The number of hydrogen-bond acceptors (Lipinski definition) is 5. The molecule has 1 aliphatic heterocycles. The number of nitrogens with one attached hydrogen (secondary N) is 2. The van der Waals surface area contributed by atoms with Crippen molar-refractivity contribution in [2.45, 2.75) is 44.5 Å². The van der Waals surface area contributed by atoms with Gasteiger partial charge in [-0.2, -0.15) is 0 Å². The van der Waals surface area contributed by atoms with Crippen molar-refractivity contribution >= 4 is 19.9 Å². The smallest absolute Gasteiger partial charge is 0.215 e. The molecule has 0 aromatic heterocycles. The van der Waals surface area contributed by atoms with Crippen molar-refractivity contribution in [3.63, 3.8) is 0 Å². The summed E-state index contributed by atoms with van der Waals surface area (Å²) in [6, 6.07) is -0.254. The van der Waals surface area contributed by atoms with Crippen LogP contribution in [0.25, 0.3) is 0 Å². The second kappa shape index (κ2) is 5.85. The first kappa shape index (κ1) is 15.9. The van der Waals surface area contributed by atoms with Gasteiger partial charge in [-0.25, -0.2) is 21.6 Å². The quantitative estimate of drug-likeness (QED) is 0.688. The van der Waals surface area contributed by atoms with Crippen LogP contribution in [0.15, 0.2) is 0 Å². The SMILES string of the molecule is CC(C)NCC(C)S(=O)(=O)NC1CCS(=O)(=O)C1. The second-order valence-electron chi connectivity index (χ2n) is 5.14. The number of sulfonamides is 1. The molecule has 8 heteroatoms. The minimum absolute atomic E-state index is 0.0683. The van der Waals surface area contributed by atoms with Crippen LogP contribution in [-0.2, 0) is 19.9 Å². The minimum Gasteiger partial charge on any atom is -0.313 e. The van der Waals surface area contributed by atoms with Gasteiger partial charge in [0.25, 0.3) is 0 Å². The van der Waals surface area contributed by atoms with E-state index in [0.717, 1.165) is 0 Å². The van der Waals surface area contributed by atoms with Gasteiger partial charge in [-0.1, -0.05) is 13.8 Å². The van der Waals surface area contributed by atoms with Crippen molar-refractivity contribution < 1.29 is 16.8 Å². The highest BCUT2D eigenvalue weighted by Gasteiger charge is 2.32. The van der Waals surface area contributed by atoms with Gasteiger partial charge in [0, 0.05) is 18.6 Å². The molecular weight excluding hydrogens is 276 g/mol. The van der Waals surface area contributed by atoms with Crippen molar-refractivity contribution in [3.8, 4) is 0 Å². The molecule has 6 nitrogen and oxygen atoms in total. The number of sulfone groups is 1. The topological polar surface area (TPSA) is 92.3 Å². The molecular formula is C10H22N2O4S2. The van der Waals surface area contributed by atoms with Crippen LogP contribution in [0.5, 0.6) is 0 Å². The van der Waals surface area contributed by atoms with Gasteiger partial charge < -0.3 is 5.32 Å². The molecule has 0 radical (unpaired) electrons. The van der Waals surface area contributed by atoms with Gasteiger partial charge >= 0.3 is 0 Å². The first-order valence-corrected chi connectivity index (χ1v) is 9.44. The van der Waals surface area contributed by atoms with E-state index < -0.39 is 31.2 Å². The predicted octanol–water partition coefficient (Wildman–Crippen LogP) is -0.521. The van der Waals surface area contributed by atoms with Gasteiger partial charge in [0.05, 0.1) is 16.8 Å². The average Bonchev–Trinajstić information content (AvgIpc) is 2.53. The fraction of sp³-hybridized carbons (Fsp3) is 1.00. The number of rotatable bonds is 6. The summed E-state index contributed by atoms with van der Waals surface area (Å²) in [7, 11) is -6.53. The van der Waals surface area contributed by atoms with Crippen LogP contribution >= 0.6 is 0 Å². The van der Waals surface area contributed by atoms with E-state index in [9.17, 15) is 16.8 Å². The molecule has 1 heterocycles. The zero-order valence-electron chi connectivity index (χ0n) is 11.0. The third-order valence-corrected chi connectivity index (χ3v) is 6.56. The van der Waals surface area contributed by atoms with E-state index in [1.807, 2.05) is 13.8 Å². The van der Waals surface area contributed by atoms with Crippen LogP contribution in [0.4, 0.5) is 0 Å². The fourth-order valence-electron chi connectivity index (χ4n) is 1.75. The molecule has 0 spiro atoms. The normalized spacial score (nSPS) is 25.4. The van der Waals surface area contributed by atoms with E-state index in [2.05, 4.69) is 10.0 Å². The third kappa shape index (κ3) is 4.83. The standard InChI is InChI=1S/C10H22N2O4S2/c1-8(2)11-6-9(3)18(15,16)12-10-4-5-17(13,14)7-10/h8-12H,4-7H2,1-3H3. The molecule has 1 fully saturated rings. The average molecular weight is 298 g/mol. The highest BCUT2D eigenvalue weighted by atomic mass is 32.2. The lowest BCUT2D eigenvalue weighted by Gasteiger charge is -2.18. The predicted molar refractivity (Wildman–Crippen MR) is 71.7 cm³/mol. The summed E-state index contributed by atoms with van der Waals surface area (Å²) in [4.78, 5) is 0. The summed E-state index contributed by atoms with van der Waals surface area (Å²) >= 11 is 0. The van der Waals surface area contributed by atoms with Crippen LogP contribution in [0, 0.1) is 0 Å². The van der Waals surface area contributed by atoms with E-state index in [4.69, 9.17) is 0 Å². The molecule has 1 aliphatic rings. The summed E-state index contributed by atoms with van der Waals surface area (Å²) in [5.41, 5.74) is 0. The van der Waals surface area contributed by atoms with Gasteiger partial charge in [-0.05, 0) is 13.3 Å². The maximum atomic E-state index is 12.0. The molecule has 0 aliphatic carbocycles. The Balaban J connectivity index is 2.54. The summed E-state index contributed by atoms with van der Waals surface area (Å²) in [5.74, 6) is -0.0185. The number of hydrogen-bond donors (Lipinski definition) is 2. The van der Waals surface area contributed by atoms with Crippen LogP contribution in [0.3, 0.4) is 0 Å². The van der Waals surface area contributed by atoms with E-state index in [0.29, 0.717) is 13.0 Å². The highest BCUT2D eigenvalue weighted by Crippen LogP contribution is 2.13. The van der Waals surface area contributed by atoms with Crippen molar-refractivity contribution in [1.82, 2.24) is 10.0 Å². The maximum Gasteiger partial charge on any atom is 0.215 e. The Morgan fingerprint density at radius 2 is 1.89 bits per heavy atom. The van der Waals surface area contributed by atoms with Crippen LogP contribution in [-0.4, -0.2) is 52.2 Å². The summed E-state index contributed by atoms with van der Waals surface area (Å²) in [5, 5.41) is 2.47. The van der Waals surface area contributed by atoms with E-state index in [1.54, 1.807) is 6.92 Å². The van der Waals surface area contributed by atoms with E-state index in [1.165, 1.54) is 0 Å². The molecule has 0 saturated carbocycles. The molecule has 108 valence electrons. The molecule has 18 heavy (non-hydrogen) atoms. The summed E-state index contributed by atoms with van der Waals surface area (Å²) in [6.07, 6.45) is 0.367. The summed E-state index contributed by atoms with van der Waals surface area (Å²) in [6.45, 7) is 5.85. The molecule has 1 rings (SSSR count). The lowest BCUT2D eigenvalue weighted by molar-refractivity contribution is 0.529. The van der Waals surface area contributed by atoms with E-state index >= 15 is 0 Å². The Morgan fingerprint density at radius 3 is 2.33 bits per heavy atom. The molecule has 0 amide bonds. The Hall–Kier alpha value is -0.180. The largest absolute Gasteiger partial charge is 0.313 e. The zero-order chi connectivity index (χ0) is 14.0. The van der Waals surface area contributed by atoms with Gasteiger partial charge in [-0.15, -0.1) is 0 Å². The van der Waals surface area contributed by atoms with Crippen molar-refractivity contribution in [2.24, 2.45) is 0 Å². The molecule has 0 aromatic rings. The zero-order valence-corrected chi connectivity index (χ0v) is 12.6. The van der Waals surface area contributed by atoms with Crippen LogP contribution < -0.4 is 10.0 Å². The van der Waals surface area contributed by atoms with Crippen LogP contribution in [0.2, 0.25) is 0 Å². The van der Waals surface area contributed by atoms with Gasteiger partial charge in [-0.3, -0.25) is 0 Å². The van der Waals surface area contributed by atoms with Crippen molar-refractivity contribution in [3.05, 3.63) is 0 Å². The van der Waals surface area contributed by atoms with Gasteiger partial charge in [0.1, 0.15) is 0 Å². The van der Waals surface area contributed by atoms with Gasteiger partial charge in [0.15, 0.2) is 9.84 Å². The first-order chi connectivity index (χ1) is 8.12. The first-order valence-electron chi connectivity index (χ1n) is 6.07. The Labute approximate surface area is 110 Å². The van der Waals surface area contributed by atoms with E-state index in [-0.39, 0.29) is 17.5 Å². The molecule has 2 atom stereocenters. The molecule has 0 bridgehead atoms.